The topological polar surface area (TPSA) is 71.1 Å². The second-order valence-corrected chi connectivity index (χ2v) is 6.97. The van der Waals surface area contributed by atoms with Gasteiger partial charge in [0.15, 0.2) is 0 Å². The van der Waals surface area contributed by atoms with Gasteiger partial charge in [0, 0.05) is 12.1 Å². The number of hydrogen-bond acceptors (Lipinski definition) is 6. The predicted molar refractivity (Wildman–Crippen MR) is 91.9 cm³/mol. The van der Waals surface area contributed by atoms with E-state index in [2.05, 4.69) is 27.2 Å². The maximum atomic E-state index is 11.8. The van der Waals surface area contributed by atoms with Crippen LogP contribution >= 0.6 is 11.3 Å². The number of methoxy groups -OCH3 is 1. The van der Waals surface area contributed by atoms with Gasteiger partial charge in [-0.15, -0.1) is 11.3 Å². The Bertz CT molecular complexity index is 839. The molecule has 4 rings (SSSR count). The van der Waals surface area contributed by atoms with Crippen molar-refractivity contribution in [2.75, 3.05) is 13.7 Å². The number of likely N-dealkylation sites (tertiary alicyclic amines) is 1. The van der Waals surface area contributed by atoms with Crippen molar-refractivity contribution in [3.8, 4) is 0 Å². The number of benzene rings is 1. The Morgan fingerprint density at radius 2 is 2.33 bits per heavy atom. The Morgan fingerprint density at radius 1 is 1.46 bits per heavy atom. The molecule has 0 radical (unpaired) electrons. The number of hydrogen-bond donors (Lipinski definition) is 1. The van der Waals surface area contributed by atoms with E-state index < -0.39 is 0 Å². The van der Waals surface area contributed by atoms with Crippen LogP contribution in [0.4, 0.5) is 0 Å². The molecule has 0 aliphatic carbocycles. The molecule has 0 saturated carbocycles. The average Bonchev–Trinajstić information content (AvgIpc) is 3.33. The molecule has 1 aliphatic rings. The van der Waals surface area contributed by atoms with Crippen molar-refractivity contribution in [2.24, 2.45) is 0 Å². The van der Waals surface area contributed by atoms with E-state index in [1.54, 1.807) is 17.5 Å². The number of H-pyrrole nitrogens is 1. The van der Waals surface area contributed by atoms with E-state index in [-0.39, 0.29) is 5.97 Å². The van der Waals surface area contributed by atoms with Gasteiger partial charge in [0.2, 0.25) is 0 Å². The summed E-state index contributed by atoms with van der Waals surface area (Å²) in [5.41, 5.74) is 2.37. The van der Waals surface area contributed by atoms with E-state index in [9.17, 15) is 4.79 Å². The standard InChI is InChI=1S/C17H18N4O2S/c1-23-17(22)15-11(9-18-20-15)10-21-8-4-6-13(21)16-19-12-5-2-3-7-14(12)24-16/h2-3,5,7,9,13H,4,6,8,10H2,1H3,(H,18,20)/t13-/m1/s1. The molecule has 7 heteroatoms. The summed E-state index contributed by atoms with van der Waals surface area (Å²) in [4.78, 5) is 19.0. The lowest BCUT2D eigenvalue weighted by Gasteiger charge is -2.22. The summed E-state index contributed by atoms with van der Waals surface area (Å²) < 4.78 is 6.03. The zero-order chi connectivity index (χ0) is 16.5. The zero-order valence-electron chi connectivity index (χ0n) is 13.4. The molecule has 6 nitrogen and oxygen atoms in total. The number of esters is 1. The number of nitrogens with zero attached hydrogens (tertiary/aromatic N) is 3. The van der Waals surface area contributed by atoms with Crippen molar-refractivity contribution in [3.63, 3.8) is 0 Å². The van der Waals surface area contributed by atoms with Crippen LogP contribution in [0.15, 0.2) is 30.5 Å². The Kier molecular flexibility index (Phi) is 4.03. The molecule has 0 unspecified atom stereocenters. The molecular weight excluding hydrogens is 324 g/mol. The monoisotopic (exact) mass is 342 g/mol. The summed E-state index contributed by atoms with van der Waals surface area (Å²) >= 11 is 1.76. The maximum absolute atomic E-state index is 11.8. The molecular formula is C17H18N4O2S. The van der Waals surface area contributed by atoms with Crippen LogP contribution in [-0.2, 0) is 11.3 Å². The summed E-state index contributed by atoms with van der Waals surface area (Å²) in [5.74, 6) is -0.377. The van der Waals surface area contributed by atoms with Gasteiger partial charge in [-0.2, -0.15) is 5.10 Å². The number of thiazole rings is 1. The highest BCUT2D eigenvalue weighted by molar-refractivity contribution is 7.18. The second kappa shape index (κ2) is 6.33. The minimum atomic E-state index is -0.377. The molecule has 1 atom stereocenters. The summed E-state index contributed by atoms with van der Waals surface area (Å²) in [5, 5.41) is 7.89. The van der Waals surface area contributed by atoms with Crippen LogP contribution < -0.4 is 0 Å². The third-order valence-corrected chi connectivity index (χ3v) is 5.58. The summed E-state index contributed by atoms with van der Waals surface area (Å²) in [6, 6.07) is 8.53. The average molecular weight is 342 g/mol. The third-order valence-electron chi connectivity index (χ3n) is 4.44. The van der Waals surface area contributed by atoms with Gasteiger partial charge in [-0.3, -0.25) is 10.00 Å². The Balaban J connectivity index is 1.59. The molecule has 1 fully saturated rings. The summed E-state index contributed by atoms with van der Waals surface area (Å²) in [6.45, 7) is 1.66. The molecule has 24 heavy (non-hydrogen) atoms. The fourth-order valence-electron chi connectivity index (χ4n) is 3.26. The number of fused-ring (bicyclic) bond motifs is 1. The molecule has 1 saturated heterocycles. The van der Waals surface area contributed by atoms with E-state index in [1.165, 1.54) is 11.8 Å². The predicted octanol–water partition coefficient (Wildman–Crippen LogP) is 3.14. The van der Waals surface area contributed by atoms with Crippen molar-refractivity contribution in [1.29, 1.82) is 0 Å². The van der Waals surface area contributed by atoms with Gasteiger partial charge >= 0.3 is 5.97 Å². The van der Waals surface area contributed by atoms with E-state index in [0.717, 1.165) is 35.5 Å². The quantitative estimate of drug-likeness (QED) is 0.738. The summed E-state index contributed by atoms with van der Waals surface area (Å²) in [6.07, 6.45) is 3.93. The molecule has 1 aliphatic heterocycles. The van der Waals surface area contributed by atoms with Crippen LogP contribution in [0.3, 0.4) is 0 Å². The van der Waals surface area contributed by atoms with Crippen LogP contribution in [-0.4, -0.2) is 39.7 Å². The van der Waals surface area contributed by atoms with Crippen LogP contribution in [0.25, 0.3) is 10.2 Å². The first-order chi connectivity index (χ1) is 11.8. The van der Waals surface area contributed by atoms with Crippen molar-refractivity contribution in [3.05, 3.63) is 46.7 Å². The van der Waals surface area contributed by atoms with Gasteiger partial charge in [0.05, 0.1) is 29.6 Å². The smallest absolute Gasteiger partial charge is 0.356 e. The minimum Gasteiger partial charge on any atom is -0.464 e. The van der Waals surface area contributed by atoms with Gasteiger partial charge in [-0.25, -0.2) is 9.78 Å². The van der Waals surface area contributed by atoms with E-state index in [4.69, 9.17) is 9.72 Å². The third kappa shape index (κ3) is 2.70. The number of nitrogens with one attached hydrogen (secondary N) is 1. The van der Waals surface area contributed by atoms with Crippen LogP contribution in [0, 0.1) is 0 Å². The molecule has 124 valence electrons. The first kappa shape index (κ1) is 15.3. The molecule has 2 aromatic heterocycles. The number of carbonyl (C=O) groups is 1. The first-order valence-corrected chi connectivity index (χ1v) is 8.78. The fourth-order valence-corrected chi connectivity index (χ4v) is 4.39. The Hall–Kier alpha value is -2.25. The van der Waals surface area contributed by atoms with Gasteiger partial charge < -0.3 is 4.74 Å². The second-order valence-electron chi connectivity index (χ2n) is 5.91. The molecule has 3 heterocycles. The van der Waals surface area contributed by atoms with Gasteiger partial charge in [0.1, 0.15) is 10.7 Å². The molecule has 0 spiro atoms. The van der Waals surface area contributed by atoms with Crippen molar-refractivity contribution >= 4 is 27.5 Å². The Morgan fingerprint density at radius 3 is 3.17 bits per heavy atom. The highest BCUT2D eigenvalue weighted by Gasteiger charge is 2.30. The summed E-state index contributed by atoms with van der Waals surface area (Å²) in [7, 11) is 1.38. The van der Waals surface area contributed by atoms with Crippen molar-refractivity contribution < 1.29 is 9.53 Å². The number of carbonyl (C=O) groups excluding carboxylic acids is 1. The Labute approximate surface area is 143 Å². The van der Waals surface area contributed by atoms with Crippen LogP contribution in [0.1, 0.15) is 39.9 Å². The molecule has 0 bridgehead atoms. The lowest BCUT2D eigenvalue weighted by molar-refractivity contribution is 0.0591. The van der Waals surface area contributed by atoms with Crippen LogP contribution in [0.2, 0.25) is 0 Å². The van der Waals surface area contributed by atoms with Crippen molar-refractivity contribution in [1.82, 2.24) is 20.1 Å². The normalized spacial score (nSPS) is 18.3. The molecule has 0 amide bonds. The van der Waals surface area contributed by atoms with E-state index >= 15 is 0 Å². The molecule has 1 aromatic carbocycles. The molecule has 1 N–H and O–H groups in total. The first-order valence-electron chi connectivity index (χ1n) is 7.96. The van der Waals surface area contributed by atoms with Gasteiger partial charge in [0.25, 0.3) is 0 Å². The lowest BCUT2D eigenvalue weighted by atomic mass is 10.2. The van der Waals surface area contributed by atoms with Crippen molar-refractivity contribution in [2.45, 2.75) is 25.4 Å². The zero-order valence-corrected chi connectivity index (χ0v) is 14.2. The van der Waals surface area contributed by atoms with E-state index in [0.29, 0.717) is 18.3 Å². The number of aromatic amines is 1. The van der Waals surface area contributed by atoms with Crippen LogP contribution in [0.5, 0.6) is 0 Å². The highest BCUT2D eigenvalue weighted by atomic mass is 32.1. The van der Waals surface area contributed by atoms with Gasteiger partial charge in [-0.1, -0.05) is 12.1 Å². The number of rotatable bonds is 4. The highest BCUT2D eigenvalue weighted by Crippen LogP contribution is 2.37. The molecule has 3 aromatic rings. The largest absolute Gasteiger partial charge is 0.464 e. The number of aromatic nitrogens is 3. The lowest BCUT2D eigenvalue weighted by Crippen LogP contribution is -2.23. The van der Waals surface area contributed by atoms with E-state index in [1.807, 2.05) is 12.1 Å². The maximum Gasteiger partial charge on any atom is 0.356 e. The fraction of sp³-hybridized carbons (Fsp3) is 0.353. The number of ether oxygens (including phenoxy) is 1. The van der Waals surface area contributed by atoms with Gasteiger partial charge in [-0.05, 0) is 31.5 Å². The number of para-hydroxylation sites is 1. The SMILES string of the molecule is COC(=O)c1[nH]ncc1CN1CCC[C@@H]1c1nc2ccccc2s1. The minimum absolute atomic E-state index is 0.294.